The molecule has 3 N–H and O–H groups in total. The summed E-state index contributed by atoms with van der Waals surface area (Å²) in [5.74, 6) is -0.249. The first-order chi connectivity index (χ1) is 14.8. The average molecular weight is 458 g/mol. The van der Waals surface area contributed by atoms with Crippen molar-refractivity contribution in [2.24, 2.45) is 5.10 Å². The molecule has 0 aromatic heterocycles. The summed E-state index contributed by atoms with van der Waals surface area (Å²) >= 11 is 0. The molecule has 0 saturated carbocycles. The summed E-state index contributed by atoms with van der Waals surface area (Å²) in [6.07, 6.45) is -5.08. The van der Waals surface area contributed by atoms with E-state index in [1.807, 2.05) is 24.0 Å². The number of carboxylic acid groups (broad SMARTS) is 1. The van der Waals surface area contributed by atoms with Crippen LogP contribution in [0.2, 0.25) is 0 Å². The van der Waals surface area contributed by atoms with Gasteiger partial charge in [0.05, 0.1) is 5.69 Å². The van der Waals surface area contributed by atoms with Gasteiger partial charge in [-0.2, -0.15) is 18.3 Å². The van der Waals surface area contributed by atoms with Gasteiger partial charge in [0.15, 0.2) is 5.84 Å². The summed E-state index contributed by atoms with van der Waals surface area (Å²) in [5.41, 5.74) is 4.30. The maximum atomic E-state index is 12.1. The Labute approximate surface area is 182 Å². The molecule has 12 heteroatoms. The number of rotatable bonds is 3. The number of hydrazone groups is 1. The molecule has 1 aromatic carbocycles. The van der Waals surface area contributed by atoms with Crippen LogP contribution in [0.15, 0.2) is 17.2 Å². The number of amides is 1. The highest BCUT2D eigenvalue weighted by molar-refractivity contribution is 6.09. The number of nitrogens with zero attached hydrogens (tertiary/aromatic N) is 2. The number of carbonyl (C=O) groups excluding carboxylic acids is 1. The van der Waals surface area contributed by atoms with Crippen molar-refractivity contribution >= 4 is 23.4 Å². The Hall–Kier alpha value is -3.02. The van der Waals surface area contributed by atoms with E-state index in [0.29, 0.717) is 18.4 Å². The molecule has 3 heterocycles. The van der Waals surface area contributed by atoms with Gasteiger partial charge >= 0.3 is 12.1 Å². The molecule has 4 rings (SSSR count). The monoisotopic (exact) mass is 458 g/mol. The van der Waals surface area contributed by atoms with Crippen LogP contribution in [0.5, 0.6) is 11.5 Å². The van der Waals surface area contributed by atoms with E-state index in [4.69, 9.17) is 19.4 Å². The van der Waals surface area contributed by atoms with Gasteiger partial charge in [0, 0.05) is 24.7 Å². The summed E-state index contributed by atoms with van der Waals surface area (Å²) in [6, 6.07) is 3.70. The molecule has 1 unspecified atom stereocenters. The average Bonchev–Trinajstić information content (AvgIpc) is 2.68. The molecule has 1 saturated heterocycles. The number of aliphatic carboxylic acids is 1. The number of hydrogen-bond acceptors (Lipinski definition) is 7. The van der Waals surface area contributed by atoms with Gasteiger partial charge in [-0.05, 0) is 25.8 Å². The third-order valence-electron chi connectivity index (χ3n) is 5.27. The number of benzene rings is 1. The molecule has 0 aliphatic carbocycles. The van der Waals surface area contributed by atoms with Crippen LogP contribution in [-0.4, -0.2) is 60.3 Å². The molecule has 1 fully saturated rings. The fraction of sp³-hybridized carbons (Fsp3) is 0.550. The summed E-state index contributed by atoms with van der Waals surface area (Å²) in [5, 5.41) is 14.5. The Morgan fingerprint density at radius 2 is 2.00 bits per heavy atom. The zero-order chi connectivity index (χ0) is 23.8. The van der Waals surface area contributed by atoms with E-state index in [1.165, 1.54) is 0 Å². The minimum absolute atomic E-state index is 0.123. The van der Waals surface area contributed by atoms with Crippen molar-refractivity contribution in [3.63, 3.8) is 0 Å². The smallest absolute Gasteiger partial charge is 0.485 e. The first kappa shape index (κ1) is 23.6. The number of ether oxygens (including phenoxy) is 2. The SMILES string of the molecule is CC(C)c1cc2c(cc1OC1(C)CNC1)N1C(=NNC(=O)C1C)CO2.O=C(O)C(F)(F)F. The van der Waals surface area contributed by atoms with Crippen LogP contribution < -0.4 is 25.1 Å². The number of nitrogens with one attached hydrogen (secondary N) is 2. The first-order valence-electron chi connectivity index (χ1n) is 9.98. The Balaban J connectivity index is 0.000000360. The predicted octanol–water partition coefficient (Wildman–Crippen LogP) is 2.21. The Morgan fingerprint density at radius 1 is 1.38 bits per heavy atom. The van der Waals surface area contributed by atoms with E-state index < -0.39 is 12.1 Å². The van der Waals surface area contributed by atoms with Crippen LogP contribution in [0, 0.1) is 0 Å². The van der Waals surface area contributed by atoms with Gasteiger partial charge < -0.3 is 24.8 Å². The maximum Gasteiger partial charge on any atom is 0.490 e. The lowest BCUT2D eigenvalue weighted by Crippen LogP contribution is -2.61. The second kappa shape index (κ2) is 8.49. The molecule has 0 bridgehead atoms. The van der Waals surface area contributed by atoms with Gasteiger partial charge in [-0.25, -0.2) is 10.2 Å². The van der Waals surface area contributed by atoms with Crippen molar-refractivity contribution in [1.29, 1.82) is 0 Å². The van der Waals surface area contributed by atoms with E-state index in [2.05, 4.69) is 36.6 Å². The maximum absolute atomic E-state index is 12.1. The molecular weight excluding hydrogens is 433 g/mol. The minimum atomic E-state index is -5.08. The number of hydrogen-bond donors (Lipinski definition) is 3. The number of amidine groups is 1. The van der Waals surface area contributed by atoms with Crippen molar-refractivity contribution in [2.75, 3.05) is 24.6 Å². The molecule has 0 radical (unpaired) electrons. The topological polar surface area (TPSA) is 112 Å². The number of carbonyl (C=O) groups is 2. The van der Waals surface area contributed by atoms with Crippen LogP contribution in [0.4, 0.5) is 18.9 Å². The van der Waals surface area contributed by atoms with E-state index in [9.17, 15) is 18.0 Å². The van der Waals surface area contributed by atoms with E-state index in [-0.39, 0.29) is 17.6 Å². The molecule has 3 aliphatic rings. The molecule has 176 valence electrons. The molecule has 3 aliphatic heterocycles. The Bertz CT molecular complexity index is 944. The van der Waals surface area contributed by atoms with Crippen LogP contribution >= 0.6 is 0 Å². The lowest BCUT2D eigenvalue weighted by atomic mass is 9.97. The molecule has 32 heavy (non-hydrogen) atoms. The minimum Gasteiger partial charge on any atom is -0.485 e. The lowest BCUT2D eigenvalue weighted by Gasteiger charge is -2.42. The van der Waals surface area contributed by atoms with Crippen molar-refractivity contribution < 1.29 is 37.3 Å². The van der Waals surface area contributed by atoms with Crippen LogP contribution in [0.3, 0.4) is 0 Å². The highest BCUT2D eigenvalue weighted by Gasteiger charge is 2.39. The van der Waals surface area contributed by atoms with E-state index in [1.54, 1.807) is 0 Å². The fourth-order valence-electron chi connectivity index (χ4n) is 3.42. The highest BCUT2D eigenvalue weighted by atomic mass is 19.4. The fourth-order valence-corrected chi connectivity index (χ4v) is 3.42. The zero-order valence-corrected chi connectivity index (χ0v) is 18.0. The van der Waals surface area contributed by atoms with Crippen molar-refractivity contribution in [2.45, 2.75) is 51.4 Å². The molecule has 1 aromatic rings. The van der Waals surface area contributed by atoms with Gasteiger partial charge in [0.1, 0.15) is 29.7 Å². The highest BCUT2D eigenvalue weighted by Crippen LogP contribution is 2.43. The number of fused-ring (bicyclic) bond motifs is 3. The Kier molecular flexibility index (Phi) is 6.27. The summed E-state index contributed by atoms with van der Waals surface area (Å²) in [7, 11) is 0. The third kappa shape index (κ3) is 4.74. The standard InChI is InChI=1S/C18H24N4O3.C2HF3O2/c1-10(2)12-5-15-13(6-14(12)25-18(4)8-19-9-18)22-11(3)17(23)21-20-16(22)7-24-15;3-2(4,5)1(6)7/h5-6,10-11,19H,7-9H2,1-4H3,(H,21,23);(H,6,7). The number of alkyl halides is 3. The Morgan fingerprint density at radius 3 is 2.50 bits per heavy atom. The van der Waals surface area contributed by atoms with Crippen molar-refractivity contribution in [1.82, 2.24) is 10.7 Å². The number of anilines is 1. The quantitative estimate of drug-likeness (QED) is 0.637. The zero-order valence-electron chi connectivity index (χ0n) is 18.0. The summed E-state index contributed by atoms with van der Waals surface area (Å²) in [6.45, 7) is 10.3. The van der Waals surface area contributed by atoms with Gasteiger partial charge in [-0.3, -0.25) is 4.79 Å². The first-order valence-corrected chi connectivity index (χ1v) is 9.98. The lowest BCUT2D eigenvalue weighted by molar-refractivity contribution is -0.192. The summed E-state index contributed by atoms with van der Waals surface area (Å²) < 4.78 is 44.0. The second-order valence-electron chi connectivity index (χ2n) is 8.31. The van der Waals surface area contributed by atoms with Gasteiger partial charge in [0.25, 0.3) is 5.91 Å². The number of halogens is 3. The van der Waals surface area contributed by atoms with Gasteiger partial charge in [-0.15, -0.1) is 0 Å². The van der Waals surface area contributed by atoms with E-state index >= 15 is 0 Å². The third-order valence-corrected chi connectivity index (χ3v) is 5.27. The second-order valence-corrected chi connectivity index (χ2v) is 8.31. The normalized spacial score (nSPS) is 21.0. The van der Waals surface area contributed by atoms with E-state index in [0.717, 1.165) is 35.8 Å². The molecular formula is C20H25F3N4O5. The molecule has 1 amide bonds. The van der Waals surface area contributed by atoms with Crippen LogP contribution in [0.25, 0.3) is 0 Å². The molecule has 1 atom stereocenters. The molecule has 9 nitrogen and oxygen atoms in total. The van der Waals surface area contributed by atoms with Gasteiger partial charge in [-0.1, -0.05) is 13.8 Å². The van der Waals surface area contributed by atoms with Crippen LogP contribution in [0.1, 0.15) is 39.2 Å². The largest absolute Gasteiger partial charge is 0.490 e. The predicted molar refractivity (Wildman–Crippen MR) is 109 cm³/mol. The van der Waals surface area contributed by atoms with Gasteiger partial charge in [0.2, 0.25) is 0 Å². The summed E-state index contributed by atoms with van der Waals surface area (Å²) in [4.78, 5) is 22.9. The molecule has 0 spiro atoms. The van der Waals surface area contributed by atoms with Crippen molar-refractivity contribution in [3.05, 3.63) is 17.7 Å². The van der Waals surface area contributed by atoms with Crippen molar-refractivity contribution in [3.8, 4) is 11.5 Å². The van der Waals surface area contributed by atoms with Crippen LogP contribution in [-0.2, 0) is 9.59 Å². The number of carboxylic acids is 1.